The Hall–Kier alpha value is -4.14. The number of ether oxygens (including phenoxy) is 2. The third-order valence-electron chi connectivity index (χ3n) is 5.60. The van der Waals surface area contributed by atoms with Crippen LogP contribution in [-0.4, -0.2) is 32.0 Å². The molecule has 9 nitrogen and oxygen atoms in total. The summed E-state index contributed by atoms with van der Waals surface area (Å²) in [7, 11) is 0. The van der Waals surface area contributed by atoms with Crippen LogP contribution in [0.5, 0.6) is 11.5 Å². The second-order valence-electron chi connectivity index (χ2n) is 7.65. The van der Waals surface area contributed by atoms with E-state index in [4.69, 9.17) is 9.47 Å². The van der Waals surface area contributed by atoms with Crippen LogP contribution in [0.2, 0.25) is 0 Å². The summed E-state index contributed by atoms with van der Waals surface area (Å²) < 4.78 is 13.6. The maximum absolute atomic E-state index is 12.9. The maximum Gasteiger partial charge on any atom is 0.264 e. The number of benzene rings is 2. The summed E-state index contributed by atoms with van der Waals surface area (Å²) in [6.45, 7) is 4.39. The van der Waals surface area contributed by atoms with Crippen molar-refractivity contribution in [2.75, 3.05) is 6.79 Å². The van der Waals surface area contributed by atoms with Crippen LogP contribution in [0.15, 0.2) is 53.7 Å². The monoisotopic (exact) mass is 431 g/mol. The minimum Gasteiger partial charge on any atom is -0.454 e. The number of carbonyl (C=O) groups excluding carboxylic acids is 1. The number of carbonyl (C=O) groups is 1. The number of amides is 1. The SMILES string of the molecule is Cc1cccc(-n2ncc3c(=O)n(CC(=O)NCc4ccc5c(c4)OCO5)cnc32)c1C. The molecular weight excluding hydrogens is 410 g/mol. The van der Waals surface area contributed by atoms with Gasteiger partial charge in [-0.2, -0.15) is 5.10 Å². The van der Waals surface area contributed by atoms with Gasteiger partial charge in [-0.05, 0) is 48.7 Å². The van der Waals surface area contributed by atoms with Gasteiger partial charge < -0.3 is 14.8 Å². The highest BCUT2D eigenvalue weighted by atomic mass is 16.7. The predicted molar refractivity (Wildman–Crippen MR) is 117 cm³/mol. The predicted octanol–water partition coefficient (Wildman–Crippen LogP) is 2.24. The van der Waals surface area contributed by atoms with E-state index in [1.807, 2.05) is 44.2 Å². The first-order chi connectivity index (χ1) is 15.5. The fourth-order valence-electron chi connectivity index (χ4n) is 3.66. The zero-order valence-corrected chi connectivity index (χ0v) is 17.7. The second kappa shape index (κ2) is 7.84. The van der Waals surface area contributed by atoms with Gasteiger partial charge in [-0.15, -0.1) is 0 Å². The number of aromatic nitrogens is 4. The molecule has 0 bridgehead atoms. The van der Waals surface area contributed by atoms with Crippen LogP contribution in [0, 0.1) is 13.8 Å². The summed E-state index contributed by atoms with van der Waals surface area (Å²) in [5.74, 6) is 1.05. The Morgan fingerprint density at radius 2 is 2.00 bits per heavy atom. The molecule has 1 amide bonds. The van der Waals surface area contributed by atoms with E-state index in [0.717, 1.165) is 22.4 Å². The molecule has 0 atom stereocenters. The van der Waals surface area contributed by atoms with Gasteiger partial charge in [-0.3, -0.25) is 14.2 Å². The molecule has 32 heavy (non-hydrogen) atoms. The van der Waals surface area contributed by atoms with E-state index in [-0.39, 0.29) is 24.8 Å². The fraction of sp³-hybridized carbons (Fsp3) is 0.217. The van der Waals surface area contributed by atoms with Crippen molar-refractivity contribution in [1.82, 2.24) is 24.6 Å². The van der Waals surface area contributed by atoms with Crippen molar-refractivity contribution in [3.8, 4) is 17.2 Å². The molecule has 5 rings (SSSR count). The van der Waals surface area contributed by atoms with Gasteiger partial charge in [0.05, 0.1) is 11.9 Å². The van der Waals surface area contributed by atoms with Crippen LogP contribution in [0.4, 0.5) is 0 Å². The zero-order valence-electron chi connectivity index (χ0n) is 17.7. The number of nitrogens with zero attached hydrogens (tertiary/aromatic N) is 4. The van der Waals surface area contributed by atoms with E-state index in [2.05, 4.69) is 15.4 Å². The van der Waals surface area contributed by atoms with Crippen LogP contribution in [-0.2, 0) is 17.9 Å². The highest BCUT2D eigenvalue weighted by molar-refractivity contribution is 5.78. The zero-order chi connectivity index (χ0) is 22.2. The van der Waals surface area contributed by atoms with Gasteiger partial charge in [0.2, 0.25) is 12.7 Å². The molecule has 0 saturated carbocycles. The summed E-state index contributed by atoms with van der Waals surface area (Å²) in [5.41, 5.74) is 4.07. The average Bonchev–Trinajstić information content (AvgIpc) is 3.43. The highest BCUT2D eigenvalue weighted by Crippen LogP contribution is 2.32. The molecular formula is C23H21N5O4. The highest BCUT2D eigenvalue weighted by Gasteiger charge is 2.16. The number of fused-ring (bicyclic) bond motifs is 2. The van der Waals surface area contributed by atoms with Gasteiger partial charge in [0.1, 0.15) is 18.3 Å². The molecule has 9 heteroatoms. The smallest absolute Gasteiger partial charge is 0.264 e. The average molecular weight is 431 g/mol. The number of aryl methyl sites for hydroxylation is 1. The van der Waals surface area contributed by atoms with Gasteiger partial charge in [0.15, 0.2) is 17.1 Å². The van der Waals surface area contributed by atoms with Gasteiger partial charge in [-0.1, -0.05) is 18.2 Å². The molecule has 2 aromatic heterocycles. The van der Waals surface area contributed by atoms with Crippen LogP contribution >= 0.6 is 0 Å². The standard InChI is InChI=1S/C23H21N5O4/c1-14-4-3-5-18(15(14)2)28-22-17(10-26-28)23(30)27(12-25-22)11-21(29)24-9-16-6-7-19-20(8-16)32-13-31-19/h3-8,10,12H,9,11,13H2,1-2H3,(H,24,29). The normalized spacial score (nSPS) is 12.3. The molecule has 0 radical (unpaired) electrons. The largest absolute Gasteiger partial charge is 0.454 e. The Morgan fingerprint density at radius 3 is 2.88 bits per heavy atom. The summed E-state index contributed by atoms with van der Waals surface area (Å²) in [6.07, 6.45) is 2.88. The first-order valence-corrected chi connectivity index (χ1v) is 10.2. The topological polar surface area (TPSA) is 100 Å². The Balaban J connectivity index is 1.34. The molecule has 0 aliphatic carbocycles. The lowest BCUT2D eigenvalue weighted by Gasteiger charge is -2.10. The van der Waals surface area contributed by atoms with E-state index in [0.29, 0.717) is 29.1 Å². The van der Waals surface area contributed by atoms with Crippen molar-refractivity contribution in [1.29, 1.82) is 0 Å². The first kappa shape index (κ1) is 19.8. The number of nitrogens with one attached hydrogen (secondary N) is 1. The van der Waals surface area contributed by atoms with Gasteiger partial charge in [0, 0.05) is 6.54 Å². The summed E-state index contributed by atoms with van der Waals surface area (Å²) in [4.78, 5) is 29.8. The minimum atomic E-state index is -0.315. The van der Waals surface area contributed by atoms with Gasteiger partial charge >= 0.3 is 0 Å². The summed E-state index contributed by atoms with van der Waals surface area (Å²) in [6, 6.07) is 11.4. The van der Waals surface area contributed by atoms with Crippen molar-refractivity contribution in [3.63, 3.8) is 0 Å². The van der Waals surface area contributed by atoms with Crippen molar-refractivity contribution in [3.05, 3.63) is 76.0 Å². The first-order valence-electron chi connectivity index (χ1n) is 10.2. The lowest BCUT2D eigenvalue weighted by atomic mass is 10.1. The minimum absolute atomic E-state index is 0.138. The molecule has 0 unspecified atom stereocenters. The molecule has 1 aliphatic heterocycles. The van der Waals surface area contributed by atoms with Crippen molar-refractivity contribution in [2.24, 2.45) is 0 Å². The third kappa shape index (κ3) is 3.47. The van der Waals surface area contributed by atoms with Crippen molar-refractivity contribution >= 4 is 16.9 Å². The molecule has 0 fully saturated rings. The van der Waals surface area contributed by atoms with Crippen molar-refractivity contribution < 1.29 is 14.3 Å². The van der Waals surface area contributed by atoms with Crippen LogP contribution < -0.4 is 20.3 Å². The molecule has 162 valence electrons. The molecule has 4 aromatic rings. The summed E-state index contributed by atoms with van der Waals surface area (Å²) in [5, 5.41) is 7.54. The van der Waals surface area contributed by atoms with Gasteiger partial charge in [-0.25, -0.2) is 9.67 Å². The van der Waals surface area contributed by atoms with E-state index in [1.165, 1.54) is 17.1 Å². The quantitative estimate of drug-likeness (QED) is 0.520. The lowest BCUT2D eigenvalue weighted by molar-refractivity contribution is -0.121. The Morgan fingerprint density at radius 1 is 1.16 bits per heavy atom. The molecule has 3 heterocycles. The molecule has 0 saturated heterocycles. The third-order valence-corrected chi connectivity index (χ3v) is 5.60. The van der Waals surface area contributed by atoms with E-state index in [1.54, 1.807) is 10.7 Å². The summed E-state index contributed by atoms with van der Waals surface area (Å²) >= 11 is 0. The maximum atomic E-state index is 12.9. The number of hydrogen-bond acceptors (Lipinski definition) is 6. The molecule has 1 aliphatic rings. The van der Waals surface area contributed by atoms with E-state index in [9.17, 15) is 9.59 Å². The molecule has 2 aromatic carbocycles. The number of hydrogen-bond donors (Lipinski definition) is 1. The lowest BCUT2D eigenvalue weighted by Crippen LogP contribution is -2.32. The molecule has 0 spiro atoms. The number of rotatable bonds is 5. The van der Waals surface area contributed by atoms with E-state index < -0.39 is 0 Å². The van der Waals surface area contributed by atoms with Crippen molar-refractivity contribution in [2.45, 2.75) is 26.9 Å². The Bertz CT molecular complexity index is 1410. The fourth-order valence-corrected chi connectivity index (χ4v) is 3.66. The van der Waals surface area contributed by atoms with Crippen LogP contribution in [0.1, 0.15) is 16.7 Å². The van der Waals surface area contributed by atoms with E-state index >= 15 is 0 Å². The Labute approximate surface area is 183 Å². The van der Waals surface area contributed by atoms with Gasteiger partial charge in [0.25, 0.3) is 5.56 Å². The molecule has 1 N–H and O–H groups in total. The Kier molecular flexibility index (Phi) is 4.85. The van der Waals surface area contributed by atoms with Crippen LogP contribution in [0.25, 0.3) is 16.7 Å². The second-order valence-corrected chi connectivity index (χ2v) is 7.65. The van der Waals surface area contributed by atoms with Crippen LogP contribution in [0.3, 0.4) is 0 Å².